The zero-order valence-electron chi connectivity index (χ0n) is 9.59. The van der Waals surface area contributed by atoms with Gasteiger partial charge in [-0.3, -0.25) is 9.69 Å². The lowest BCUT2D eigenvalue weighted by atomic mass is 9.87. The fourth-order valence-corrected chi connectivity index (χ4v) is 2.42. The van der Waals surface area contributed by atoms with Crippen molar-refractivity contribution in [1.82, 2.24) is 4.90 Å². The first-order valence-electron chi connectivity index (χ1n) is 5.79. The molecule has 2 fully saturated rings. The average molecular weight is 229 g/mol. The van der Waals surface area contributed by atoms with Gasteiger partial charge in [0.25, 0.3) is 0 Å². The minimum absolute atomic E-state index is 0.108. The van der Waals surface area contributed by atoms with Crippen molar-refractivity contribution in [2.24, 2.45) is 0 Å². The van der Waals surface area contributed by atoms with Crippen LogP contribution in [0.15, 0.2) is 0 Å². The highest BCUT2D eigenvalue weighted by atomic mass is 16.5. The third-order valence-corrected chi connectivity index (χ3v) is 3.49. The molecule has 5 heteroatoms. The van der Waals surface area contributed by atoms with Crippen LogP contribution in [0.5, 0.6) is 0 Å². The summed E-state index contributed by atoms with van der Waals surface area (Å²) in [7, 11) is 1.74. The molecule has 0 bridgehead atoms. The van der Waals surface area contributed by atoms with Gasteiger partial charge in [0, 0.05) is 26.2 Å². The van der Waals surface area contributed by atoms with Gasteiger partial charge in [-0.05, 0) is 12.8 Å². The highest BCUT2D eigenvalue weighted by molar-refractivity contribution is 5.67. The molecule has 92 valence electrons. The van der Waals surface area contributed by atoms with Crippen LogP contribution in [0, 0.1) is 0 Å². The Morgan fingerprint density at radius 3 is 2.94 bits per heavy atom. The third-order valence-electron chi connectivity index (χ3n) is 3.49. The first-order valence-corrected chi connectivity index (χ1v) is 5.79. The maximum absolute atomic E-state index is 10.6. The highest BCUT2D eigenvalue weighted by Crippen LogP contribution is 2.29. The SMILES string of the molecule is COC1CC(N2CCOC(CC(=O)O)C2)C1. The van der Waals surface area contributed by atoms with E-state index < -0.39 is 5.97 Å². The van der Waals surface area contributed by atoms with E-state index in [1.807, 2.05) is 0 Å². The van der Waals surface area contributed by atoms with Crippen molar-refractivity contribution in [3.63, 3.8) is 0 Å². The highest BCUT2D eigenvalue weighted by Gasteiger charge is 2.36. The van der Waals surface area contributed by atoms with Crippen LogP contribution in [0.3, 0.4) is 0 Å². The molecule has 1 saturated carbocycles. The Hall–Kier alpha value is -0.650. The molecule has 0 aromatic heterocycles. The van der Waals surface area contributed by atoms with Gasteiger partial charge < -0.3 is 14.6 Å². The predicted octanol–water partition coefficient (Wildman–Crippen LogP) is 0.339. The molecule has 0 spiro atoms. The van der Waals surface area contributed by atoms with E-state index in [4.69, 9.17) is 14.6 Å². The summed E-state index contributed by atoms with van der Waals surface area (Å²) in [5.74, 6) is -0.782. The Balaban J connectivity index is 1.76. The second kappa shape index (κ2) is 5.12. The Bertz CT molecular complexity index is 252. The van der Waals surface area contributed by atoms with Crippen LogP contribution in [0.25, 0.3) is 0 Å². The maximum atomic E-state index is 10.6. The summed E-state index contributed by atoms with van der Waals surface area (Å²) >= 11 is 0. The topological polar surface area (TPSA) is 59.0 Å². The molecule has 0 aromatic rings. The molecule has 2 rings (SSSR count). The molecule has 1 unspecified atom stereocenters. The van der Waals surface area contributed by atoms with Crippen LogP contribution < -0.4 is 0 Å². The largest absolute Gasteiger partial charge is 0.481 e. The maximum Gasteiger partial charge on any atom is 0.306 e. The Labute approximate surface area is 95.3 Å². The summed E-state index contributed by atoms with van der Waals surface area (Å²) in [6.07, 6.45) is 2.49. The van der Waals surface area contributed by atoms with Crippen LogP contribution in [0.4, 0.5) is 0 Å². The summed E-state index contributed by atoms with van der Waals surface area (Å²) in [6, 6.07) is 0.560. The molecular weight excluding hydrogens is 210 g/mol. The van der Waals surface area contributed by atoms with E-state index in [-0.39, 0.29) is 12.5 Å². The van der Waals surface area contributed by atoms with Crippen molar-refractivity contribution >= 4 is 5.97 Å². The molecule has 1 N–H and O–H groups in total. The average Bonchev–Trinajstić information content (AvgIpc) is 2.15. The Morgan fingerprint density at radius 2 is 2.31 bits per heavy atom. The molecule has 1 heterocycles. The van der Waals surface area contributed by atoms with E-state index in [9.17, 15) is 4.79 Å². The van der Waals surface area contributed by atoms with Crippen LogP contribution in [0.1, 0.15) is 19.3 Å². The van der Waals surface area contributed by atoms with Crippen LogP contribution in [-0.4, -0.2) is 61.0 Å². The second-order valence-electron chi connectivity index (χ2n) is 4.57. The number of carboxylic acids is 1. The van der Waals surface area contributed by atoms with Gasteiger partial charge in [-0.2, -0.15) is 0 Å². The quantitative estimate of drug-likeness (QED) is 0.753. The minimum atomic E-state index is -0.782. The monoisotopic (exact) mass is 229 g/mol. The zero-order chi connectivity index (χ0) is 11.5. The molecule has 0 radical (unpaired) electrons. The molecule has 0 amide bonds. The number of hydrogen-bond donors (Lipinski definition) is 1. The van der Waals surface area contributed by atoms with Crippen molar-refractivity contribution in [3.05, 3.63) is 0 Å². The number of ether oxygens (including phenoxy) is 2. The van der Waals surface area contributed by atoms with Gasteiger partial charge >= 0.3 is 5.97 Å². The number of methoxy groups -OCH3 is 1. The van der Waals surface area contributed by atoms with E-state index in [0.29, 0.717) is 18.8 Å². The van der Waals surface area contributed by atoms with Crippen molar-refractivity contribution in [1.29, 1.82) is 0 Å². The molecule has 1 saturated heterocycles. The van der Waals surface area contributed by atoms with Crippen molar-refractivity contribution < 1.29 is 19.4 Å². The molecule has 1 aliphatic heterocycles. The summed E-state index contributed by atoms with van der Waals surface area (Å²) in [5, 5.41) is 8.72. The van der Waals surface area contributed by atoms with Crippen LogP contribution >= 0.6 is 0 Å². The number of hydrogen-bond acceptors (Lipinski definition) is 4. The normalized spacial score (nSPS) is 35.7. The molecule has 2 aliphatic rings. The second-order valence-corrected chi connectivity index (χ2v) is 4.57. The fraction of sp³-hybridized carbons (Fsp3) is 0.909. The van der Waals surface area contributed by atoms with Crippen molar-refractivity contribution in [3.8, 4) is 0 Å². The minimum Gasteiger partial charge on any atom is -0.481 e. The van der Waals surface area contributed by atoms with E-state index in [2.05, 4.69) is 4.90 Å². The number of carbonyl (C=O) groups is 1. The number of carboxylic acid groups (broad SMARTS) is 1. The van der Waals surface area contributed by atoms with Crippen LogP contribution in [0.2, 0.25) is 0 Å². The number of morpholine rings is 1. The van der Waals surface area contributed by atoms with Gasteiger partial charge in [0.15, 0.2) is 0 Å². The van der Waals surface area contributed by atoms with Crippen molar-refractivity contribution in [2.45, 2.75) is 37.5 Å². The molecular formula is C11H19NO4. The predicted molar refractivity (Wildman–Crippen MR) is 57.4 cm³/mol. The van der Waals surface area contributed by atoms with Crippen LogP contribution in [-0.2, 0) is 14.3 Å². The summed E-state index contributed by atoms with van der Waals surface area (Å²) in [6.45, 7) is 2.30. The smallest absolute Gasteiger partial charge is 0.306 e. The van der Waals surface area contributed by atoms with Gasteiger partial charge in [0.1, 0.15) is 0 Å². The van der Waals surface area contributed by atoms with E-state index >= 15 is 0 Å². The van der Waals surface area contributed by atoms with Gasteiger partial charge in [0.2, 0.25) is 0 Å². The summed E-state index contributed by atoms with van der Waals surface area (Å²) in [4.78, 5) is 12.9. The van der Waals surface area contributed by atoms with Gasteiger partial charge in [-0.15, -0.1) is 0 Å². The molecule has 0 aromatic carbocycles. The lowest BCUT2D eigenvalue weighted by Crippen LogP contribution is -2.54. The van der Waals surface area contributed by atoms with Crippen molar-refractivity contribution in [2.75, 3.05) is 26.8 Å². The summed E-state index contributed by atoms with van der Waals surface area (Å²) in [5.41, 5.74) is 0. The number of nitrogens with zero attached hydrogens (tertiary/aromatic N) is 1. The van der Waals surface area contributed by atoms with Gasteiger partial charge in [0.05, 0.1) is 25.2 Å². The van der Waals surface area contributed by atoms with E-state index in [0.717, 1.165) is 25.9 Å². The third kappa shape index (κ3) is 2.72. The number of aliphatic carboxylic acids is 1. The number of rotatable bonds is 4. The lowest BCUT2D eigenvalue weighted by molar-refractivity contribution is -0.144. The van der Waals surface area contributed by atoms with E-state index in [1.165, 1.54) is 0 Å². The molecule has 16 heavy (non-hydrogen) atoms. The first-order chi connectivity index (χ1) is 7.69. The molecule has 1 aliphatic carbocycles. The summed E-state index contributed by atoms with van der Waals surface area (Å²) < 4.78 is 10.7. The first kappa shape index (κ1) is 11.8. The molecule has 1 atom stereocenters. The standard InChI is InChI=1S/C11H19NO4/c1-15-9-4-8(5-9)12-2-3-16-10(7-12)6-11(13)14/h8-10H,2-7H2,1H3,(H,13,14). The van der Waals surface area contributed by atoms with E-state index in [1.54, 1.807) is 7.11 Å². The fourth-order valence-electron chi connectivity index (χ4n) is 2.42. The Kier molecular flexibility index (Phi) is 3.78. The zero-order valence-corrected chi connectivity index (χ0v) is 9.59. The molecule has 5 nitrogen and oxygen atoms in total. The van der Waals surface area contributed by atoms with Gasteiger partial charge in [-0.25, -0.2) is 0 Å². The lowest BCUT2D eigenvalue weighted by Gasteiger charge is -2.45. The Morgan fingerprint density at radius 1 is 1.56 bits per heavy atom. The van der Waals surface area contributed by atoms with Gasteiger partial charge in [-0.1, -0.05) is 0 Å².